The van der Waals surface area contributed by atoms with E-state index in [4.69, 9.17) is 4.74 Å². The van der Waals surface area contributed by atoms with Crippen molar-refractivity contribution in [1.82, 2.24) is 4.72 Å². The van der Waals surface area contributed by atoms with Gasteiger partial charge in [0.2, 0.25) is 10.0 Å². The Kier molecular flexibility index (Phi) is 5.19. The van der Waals surface area contributed by atoms with Crippen LogP contribution in [0.4, 0.5) is 0 Å². The molecule has 0 bridgehead atoms. The molecule has 1 aromatic carbocycles. The van der Waals surface area contributed by atoms with Gasteiger partial charge in [0.05, 0.1) is 11.5 Å². The summed E-state index contributed by atoms with van der Waals surface area (Å²) in [6.07, 6.45) is 1.36. The SMILES string of the molecule is Cc1c(Br)cc(CO)cc1S(=O)(=O)NC1CCOCC1. The Morgan fingerprint density at radius 2 is 2.05 bits per heavy atom. The molecule has 0 aromatic heterocycles. The molecule has 0 unspecified atom stereocenters. The second-order valence-corrected chi connectivity index (χ2v) is 7.40. The second kappa shape index (κ2) is 6.53. The summed E-state index contributed by atoms with van der Waals surface area (Å²) in [7, 11) is -3.59. The molecule has 2 rings (SSSR count). The van der Waals surface area contributed by atoms with Crippen molar-refractivity contribution >= 4 is 26.0 Å². The Hall–Kier alpha value is -0.470. The molecule has 0 amide bonds. The number of nitrogens with one attached hydrogen (secondary N) is 1. The van der Waals surface area contributed by atoms with Gasteiger partial charge in [0.1, 0.15) is 0 Å². The number of hydrogen-bond donors (Lipinski definition) is 2. The van der Waals surface area contributed by atoms with Crippen molar-refractivity contribution in [3.8, 4) is 0 Å². The highest BCUT2D eigenvalue weighted by molar-refractivity contribution is 9.10. The number of ether oxygens (including phenoxy) is 1. The van der Waals surface area contributed by atoms with Crippen LogP contribution in [0.3, 0.4) is 0 Å². The van der Waals surface area contributed by atoms with Crippen LogP contribution in [0, 0.1) is 6.92 Å². The summed E-state index contributed by atoms with van der Waals surface area (Å²) in [5.41, 5.74) is 1.21. The zero-order valence-electron chi connectivity index (χ0n) is 11.2. The number of aliphatic hydroxyl groups excluding tert-OH is 1. The molecule has 112 valence electrons. The molecule has 20 heavy (non-hydrogen) atoms. The molecule has 2 N–H and O–H groups in total. The molecule has 0 radical (unpaired) electrons. The van der Waals surface area contributed by atoms with E-state index < -0.39 is 10.0 Å². The van der Waals surface area contributed by atoms with Crippen LogP contribution in [0.15, 0.2) is 21.5 Å². The van der Waals surface area contributed by atoms with E-state index in [1.54, 1.807) is 13.0 Å². The lowest BCUT2D eigenvalue weighted by Gasteiger charge is -2.23. The van der Waals surface area contributed by atoms with Crippen molar-refractivity contribution in [3.05, 3.63) is 27.7 Å². The van der Waals surface area contributed by atoms with Gasteiger partial charge < -0.3 is 9.84 Å². The number of halogens is 1. The average molecular weight is 364 g/mol. The van der Waals surface area contributed by atoms with Gasteiger partial charge in [-0.1, -0.05) is 15.9 Å². The van der Waals surface area contributed by atoms with Crippen LogP contribution in [0.1, 0.15) is 24.0 Å². The Morgan fingerprint density at radius 3 is 2.65 bits per heavy atom. The lowest BCUT2D eigenvalue weighted by atomic mass is 10.1. The average Bonchev–Trinajstić information content (AvgIpc) is 2.42. The first-order chi connectivity index (χ1) is 9.44. The van der Waals surface area contributed by atoms with E-state index in [2.05, 4.69) is 20.7 Å². The zero-order chi connectivity index (χ0) is 14.8. The summed E-state index contributed by atoms with van der Waals surface area (Å²) in [4.78, 5) is 0.211. The molecule has 7 heteroatoms. The van der Waals surface area contributed by atoms with Crippen molar-refractivity contribution in [3.63, 3.8) is 0 Å². The molecule has 0 spiro atoms. The molecule has 1 aliphatic rings. The van der Waals surface area contributed by atoms with Crippen LogP contribution in [0.2, 0.25) is 0 Å². The number of rotatable bonds is 4. The fraction of sp³-hybridized carbons (Fsp3) is 0.538. The largest absolute Gasteiger partial charge is 0.392 e. The highest BCUT2D eigenvalue weighted by Gasteiger charge is 2.24. The maximum Gasteiger partial charge on any atom is 0.241 e. The van der Waals surface area contributed by atoms with Gasteiger partial charge in [-0.15, -0.1) is 0 Å². The van der Waals surface area contributed by atoms with Crippen LogP contribution < -0.4 is 4.72 Å². The molecule has 1 fully saturated rings. The molecular formula is C13H18BrNO4S. The normalized spacial score (nSPS) is 17.4. The Balaban J connectivity index is 2.30. The Morgan fingerprint density at radius 1 is 1.40 bits per heavy atom. The van der Waals surface area contributed by atoms with Crippen molar-refractivity contribution in [2.45, 2.75) is 37.3 Å². The molecule has 0 atom stereocenters. The van der Waals surface area contributed by atoms with Gasteiger partial charge in [-0.05, 0) is 43.0 Å². The molecule has 0 aliphatic carbocycles. The molecular weight excluding hydrogens is 346 g/mol. The second-order valence-electron chi connectivity index (χ2n) is 4.87. The Labute approximate surface area is 127 Å². The summed E-state index contributed by atoms with van der Waals surface area (Å²) in [5, 5.41) is 9.21. The zero-order valence-corrected chi connectivity index (χ0v) is 13.6. The summed E-state index contributed by atoms with van der Waals surface area (Å²) in [5.74, 6) is 0. The first-order valence-electron chi connectivity index (χ1n) is 6.44. The first kappa shape index (κ1) is 15.9. The van der Waals surface area contributed by atoms with E-state index >= 15 is 0 Å². The van der Waals surface area contributed by atoms with E-state index in [-0.39, 0.29) is 17.5 Å². The summed E-state index contributed by atoms with van der Waals surface area (Å²) >= 11 is 3.33. The lowest BCUT2D eigenvalue weighted by Crippen LogP contribution is -2.39. The third-order valence-electron chi connectivity index (χ3n) is 3.37. The van der Waals surface area contributed by atoms with Gasteiger partial charge >= 0.3 is 0 Å². The monoisotopic (exact) mass is 363 g/mol. The lowest BCUT2D eigenvalue weighted by molar-refractivity contribution is 0.0832. The smallest absolute Gasteiger partial charge is 0.241 e. The van der Waals surface area contributed by atoms with Crippen LogP contribution in [-0.2, 0) is 21.4 Å². The van der Waals surface area contributed by atoms with Crippen LogP contribution in [-0.4, -0.2) is 32.8 Å². The van der Waals surface area contributed by atoms with E-state index in [0.717, 1.165) is 0 Å². The van der Waals surface area contributed by atoms with Crippen LogP contribution in [0.5, 0.6) is 0 Å². The summed E-state index contributed by atoms with van der Waals surface area (Å²) < 4.78 is 33.6. The number of sulfonamides is 1. The number of aliphatic hydroxyl groups is 1. The van der Waals surface area contributed by atoms with Crippen molar-refractivity contribution in [2.24, 2.45) is 0 Å². The third kappa shape index (κ3) is 3.59. The quantitative estimate of drug-likeness (QED) is 0.853. The fourth-order valence-corrected chi connectivity index (χ4v) is 4.44. The highest BCUT2D eigenvalue weighted by atomic mass is 79.9. The predicted octanol–water partition coefficient (Wildman–Crippen LogP) is 1.71. The van der Waals surface area contributed by atoms with Gasteiger partial charge in [0.15, 0.2) is 0 Å². The first-order valence-corrected chi connectivity index (χ1v) is 8.71. The van der Waals surface area contributed by atoms with Gasteiger partial charge in [-0.2, -0.15) is 0 Å². The molecule has 5 nitrogen and oxygen atoms in total. The fourth-order valence-electron chi connectivity index (χ4n) is 2.18. The Bertz CT molecular complexity index is 582. The van der Waals surface area contributed by atoms with Crippen LogP contribution in [0.25, 0.3) is 0 Å². The van der Waals surface area contributed by atoms with Gasteiger partial charge in [0.25, 0.3) is 0 Å². The minimum absolute atomic E-state index is 0.0929. The van der Waals surface area contributed by atoms with Crippen LogP contribution >= 0.6 is 15.9 Å². The number of benzene rings is 1. The van der Waals surface area contributed by atoms with E-state index in [9.17, 15) is 13.5 Å². The highest BCUT2D eigenvalue weighted by Crippen LogP contribution is 2.26. The van der Waals surface area contributed by atoms with Crippen molar-refractivity contribution < 1.29 is 18.3 Å². The molecule has 1 heterocycles. The van der Waals surface area contributed by atoms with E-state index in [1.165, 1.54) is 6.07 Å². The van der Waals surface area contributed by atoms with Gasteiger partial charge in [-0.3, -0.25) is 0 Å². The third-order valence-corrected chi connectivity index (χ3v) is 5.84. The predicted molar refractivity (Wildman–Crippen MR) is 79.0 cm³/mol. The minimum Gasteiger partial charge on any atom is -0.392 e. The maximum absolute atomic E-state index is 12.5. The topological polar surface area (TPSA) is 75.6 Å². The van der Waals surface area contributed by atoms with Gasteiger partial charge in [0, 0.05) is 23.7 Å². The van der Waals surface area contributed by atoms with Crippen molar-refractivity contribution in [2.75, 3.05) is 13.2 Å². The minimum atomic E-state index is -3.59. The summed E-state index contributed by atoms with van der Waals surface area (Å²) in [6, 6.07) is 3.15. The van der Waals surface area contributed by atoms with Crippen molar-refractivity contribution in [1.29, 1.82) is 0 Å². The van der Waals surface area contributed by atoms with Gasteiger partial charge in [-0.25, -0.2) is 13.1 Å². The standard InChI is InChI=1S/C13H18BrNO4S/c1-9-12(14)6-10(8-16)7-13(9)20(17,18)15-11-2-4-19-5-3-11/h6-7,11,15-16H,2-5,8H2,1H3. The van der Waals surface area contributed by atoms with E-state index in [1.807, 2.05) is 0 Å². The molecule has 1 aromatic rings. The molecule has 1 aliphatic heterocycles. The number of hydrogen-bond acceptors (Lipinski definition) is 4. The maximum atomic E-state index is 12.5. The van der Waals surface area contributed by atoms with E-state index in [0.29, 0.717) is 41.7 Å². The molecule has 1 saturated heterocycles. The summed E-state index contributed by atoms with van der Waals surface area (Å²) in [6.45, 7) is 2.70. The molecule has 0 saturated carbocycles.